The van der Waals surface area contributed by atoms with E-state index >= 15 is 0 Å². The topological polar surface area (TPSA) is 133 Å². The highest BCUT2D eigenvalue weighted by molar-refractivity contribution is 6.29. The van der Waals surface area contributed by atoms with Gasteiger partial charge in [-0.2, -0.15) is 0 Å². The molecule has 11 nitrogen and oxygen atoms in total. The number of ether oxygens (including phenoxy) is 7. The maximum atomic E-state index is 11.5. The van der Waals surface area contributed by atoms with Crippen LogP contribution in [0.4, 0.5) is 9.59 Å². The summed E-state index contributed by atoms with van der Waals surface area (Å²) in [5, 5.41) is 0. The fourth-order valence-electron chi connectivity index (χ4n) is 2.04. The van der Waals surface area contributed by atoms with Crippen LogP contribution >= 0.6 is 0 Å². The molecule has 0 N–H and O–H groups in total. The first kappa shape index (κ1) is 24.0. The van der Waals surface area contributed by atoms with Gasteiger partial charge < -0.3 is 33.2 Å². The smallest absolute Gasteiger partial charge is 0.497 e. The highest BCUT2D eigenvalue weighted by Crippen LogP contribution is 2.12. The molecule has 0 aromatic heterocycles. The molecular formula is C21H20O11. The average molecular weight is 448 g/mol. The summed E-state index contributed by atoms with van der Waals surface area (Å²) in [6.07, 6.45) is -2.22. The van der Waals surface area contributed by atoms with Crippen molar-refractivity contribution in [2.24, 2.45) is 0 Å². The van der Waals surface area contributed by atoms with Crippen molar-refractivity contribution >= 4 is 24.2 Å². The Hall–Kier alpha value is -4.28. The molecule has 2 aromatic carbocycles. The minimum Gasteiger partial charge on any atom is -0.497 e. The van der Waals surface area contributed by atoms with Gasteiger partial charge in [0.15, 0.2) is 0 Å². The second kappa shape index (κ2) is 13.1. The van der Waals surface area contributed by atoms with Gasteiger partial charge in [0.2, 0.25) is 13.6 Å². The van der Waals surface area contributed by atoms with Crippen LogP contribution in [-0.4, -0.2) is 44.9 Å². The quantitative estimate of drug-likeness (QED) is 0.243. The average Bonchev–Trinajstić information content (AvgIpc) is 2.82. The van der Waals surface area contributed by atoms with Gasteiger partial charge in [-0.15, -0.1) is 0 Å². The van der Waals surface area contributed by atoms with Gasteiger partial charge in [0.05, 0.1) is 7.11 Å². The van der Waals surface area contributed by atoms with Crippen molar-refractivity contribution in [3.63, 3.8) is 0 Å². The van der Waals surface area contributed by atoms with Crippen LogP contribution in [0.5, 0.6) is 5.75 Å². The fraction of sp³-hybridized carbons (Fsp3) is 0.238. The van der Waals surface area contributed by atoms with E-state index in [-0.39, 0.29) is 13.2 Å². The van der Waals surface area contributed by atoms with Crippen LogP contribution in [0.2, 0.25) is 0 Å². The highest BCUT2D eigenvalue weighted by atomic mass is 16.8. The largest absolute Gasteiger partial charge is 0.511 e. The summed E-state index contributed by atoms with van der Waals surface area (Å²) in [6.45, 7) is -1.88. The van der Waals surface area contributed by atoms with Crippen LogP contribution < -0.4 is 4.74 Å². The summed E-state index contributed by atoms with van der Waals surface area (Å²) in [5.41, 5.74) is 1.40. The molecule has 11 heteroatoms. The standard InChI is InChI=1S/C21H20O11/c1-26-17-9-7-16(8-10-17)12-28-21(25)32-14-30-19(23)18(22)29-13-31-20(24)27-11-15-5-3-2-4-6-15/h2-10H,11-14H2,1H3. The van der Waals surface area contributed by atoms with Crippen molar-refractivity contribution in [2.75, 3.05) is 20.7 Å². The predicted molar refractivity (Wildman–Crippen MR) is 104 cm³/mol. The Labute approximate surface area is 182 Å². The first-order chi connectivity index (χ1) is 15.5. The Morgan fingerprint density at radius 3 is 1.53 bits per heavy atom. The lowest BCUT2D eigenvalue weighted by Gasteiger charge is -2.08. The van der Waals surface area contributed by atoms with Gasteiger partial charge >= 0.3 is 24.2 Å². The number of methoxy groups -OCH3 is 1. The molecule has 0 saturated carbocycles. The Kier molecular flexibility index (Phi) is 9.83. The normalized spacial score (nSPS) is 9.78. The molecule has 0 atom stereocenters. The van der Waals surface area contributed by atoms with Gasteiger partial charge in [-0.05, 0) is 23.3 Å². The van der Waals surface area contributed by atoms with Gasteiger partial charge in [0.25, 0.3) is 0 Å². The van der Waals surface area contributed by atoms with Crippen molar-refractivity contribution in [3.8, 4) is 5.75 Å². The lowest BCUT2D eigenvalue weighted by atomic mass is 10.2. The summed E-state index contributed by atoms with van der Waals surface area (Å²) in [6, 6.07) is 15.5. The number of hydrogen-bond donors (Lipinski definition) is 0. The molecule has 0 heterocycles. The Balaban J connectivity index is 1.54. The van der Waals surface area contributed by atoms with Crippen molar-refractivity contribution in [3.05, 3.63) is 65.7 Å². The molecule has 0 aliphatic carbocycles. The fourth-order valence-corrected chi connectivity index (χ4v) is 2.04. The van der Waals surface area contributed by atoms with Crippen LogP contribution in [-0.2, 0) is 51.2 Å². The molecule has 0 aliphatic heterocycles. The van der Waals surface area contributed by atoms with Crippen LogP contribution in [0.1, 0.15) is 11.1 Å². The number of carbonyl (C=O) groups excluding carboxylic acids is 4. The number of esters is 2. The first-order valence-electron chi connectivity index (χ1n) is 9.07. The van der Waals surface area contributed by atoms with Gasteiger partial charge in [-0.1, -0.05) is 42.5 Å². The van der Waals surface area contributed by atoms with E-state index in [2.05, 4.69) is 18.9 Å². The van der Waals surface area contributed by atoms with E-state index in [1.54, 1.807) is 54.6 Å². The molecule has 0 radical (unpaired) electrons. The van der Waals surface area contributed by atoms with E-state index < -0.39 is 37.8 Å². The molecule has 0 spiro atoms. The molecule has 0 bridgehead atoms. The predicted octanol–water partition coefficient (Wildman–Crippen LogP) is 2.70. The number of hydrogen-bond acceptors (Lipinski definition) is 11. The zero-order valence-corrected chi connectivity index (χ0v) is 17.0. The van der Waals surface area contributed by atoms with E-state index in [9.17, 15) is 19.2 Å². The zero-order valence-electron chi connectivity index (χ0n) is 17.0. The Bertz CT molecular complexity index is 894. The van der Waals surface area contributed by atoms with Crippen LogP contribution in [0.15, 0.2) is 54.6 Å². The van der Waals surface area contributed by atoms with Crippen LogP contribution in [0, 0.1) is 0 Å². The molecular weight excluding hydrogens is 428 g/mol. The van der Waals surface area contributed by atoms with Gasteiger partial charge in [-0.3, -0.25) is 0 Å². The highest BCUT2D eigenvalue weighted by Gasteiger charge is 2.19. The lowest BCUT2D eigenvalue weighted by molar-refractivity contribution is -0.178. The number of rotatable bonds is 9. The zero-order chi connectivity index (χ0) is 23.2. The van der Waals surface area contributed by atoms with E-state index in [1.807, 2.05) is 0 Å². The van der Waals surface area contributed by atoms with E-state index in [4.69, 9.17) is 14.2 Å². The minimum absolute atomic E-state index is 0.0401. The summed E-state index contributed by atoms with van der Waals surface area (Å²) < 4.78 is 32.4. The monoisotopic (exact) mass is 448 g/mol. The third-order valence-corrected chi connectivity index (χ3v) is 3.62. The van der Waals surface area contributed by atoms with E-state index in [0.717, 1.165) is 5.56 Å². The third kappa shape index (κ3) is 9.03. The second-order valence-corrected chi connectivity index (χ2v) is 5.80. The molecule has 2 rings (SSSR count). The van der Waals surface area contributed by atoms with Gasteiger partial charge in [0, 0.05) is 0 Å². The minimum atomic E-state index is -1.46. The summed E-state index contributed by atoms with van der Waals surface area (Å²) in [5.74, 6) is -2.28. The SMILES string of the molecule is COc1ccc(COC(=O)OCOC(=O)C(=O)OCOC(=O)OCc2ccccc2)cc1. The number of benzene rings is 2. The van der Waals surface area contributed by atoms with Gasteiger partial charge in [-0.25, -0.2) is 19.2 Å². The number of carbonyl (C=O) groups is 4. The molecule has 32 heavy (non-hydrogen) atoms. The van der Waals surface area contributed by atoms with E-state index in [1.165, 1.54) is 7.11 Å². The summed E-state index contributed by atoms with van der Waals surface area (Å²) in [4.78, 5) is 45.7. The maximum Gasteiger partial charge on any atom is 0.511 e. The molecule has 0 unspecified atom stereocenters. The van der Waals surface area contributed by atoms with Crippen LogP contribution in [0.3, 0.4) is 0 Å². The molecule has 0 saturated heterocycles. The molecule has 170 valence electrons. The van der Waals surface area contributed by atoms with E-state index in [0.29, 0.717) is 11.3 Å². The van der Waals surface area contributed by atoms with Crippen LogP contribution in [0.25, 0.3) is 0 Å². The molecule has 0 aliphatic rings. The second-order valence-electron chi connectivity index (χ2n) is 5.80. The Morgan fingerprint density at radius 1 is 0.594 bits per heavy atom. The summed E-state index contributed by atoms with van der Waals surface area (Å²) in [7, 11) is 1.52. The summed E-state index contributed by atoms with van der Waals surface area (Å²) >= 11 is 0. The third-order valence-electron chi connectivity index (χ3n) is 3.62. The molecule has 0 fully saturated rings. The van der Waals surface area contributed by atoms with Gasteiger partial charge in [0.1, 0.15) is 19.0 Å². The van der Waals surface area contributed by atoms with Crippen molar-refractivity contribution in [1.29, 1.82) is 0 Å². The Morgan fingerprint density at radius 2 is 1.06 bits per heavy atom. The van der Waals surface area contributed by atoms with Crippen molar-refractivity contribution in [2.45, 2.75) is 13.2 Å². The molecule has 0 amide bonds. The first-order valence-corrected chi connectivity index (χ1v) is 9.07. The maximum absolute atomic E-state index is 11.5. The van der Waals surface area contributed by atoms with Crippen molar-refractivity contribution < 1.29 is 52.3 Å². The lowest BCUT2D eigenvalue weighted by Crippen LogP contribution is -2.24. The van der Waals surface area contributed by atoms with Crippen molar-refractivity contribution in [1.82, 2.24) is 0 Å². The molecule has 2 aromatic rings.